The zero-order valence-electron chi connectivity index (χ0n) is 9.67. The van der Waals surface area contributed by atoms with E-state index in [1.165, 1.54) is 6.07 Å². The monoisotopic (exact) mass is 329 g/mol. The van der Waals surface area contributed by atoms with Crippen molar-refractivity contribution in [1.29, 1.82) is 0 Å². The fourth-order valence-corrected chi connectivity index (χ4v) is 4.12. The van der Waals surface area contributed by atoms with Gasteiger partial charge in [0.05, 0.1) is 16.8 Å². The van der Waals surface area contributed by atoms with Gasteiger partial charge in [-0.1, -0.05) is 0 Å². The number of aryl methyl sites for hydroxylation is 1. The molecule has 0 aliphatic rings. The van der Waals surface area contributed by atoms with E-state index in [-0.39, 0.29) is 10.6 Å². The molecule has 7 heteroatoms. The van der Waals surface area contributed by atoms with Crippen LogP contribution in [0.1, 0.15) is 5.56 Å². The van der Waals surface area contributed by atoms with Crippen LogP contribution in [0.5, 0.6) is 0 Å². The molecule has 0 unspecified atom stereocenters. The molecule has 0 radical (unpaired) electrons. The standard InChI is InChI=1S/C11H12BrN3O2S/c1-15-6-8(5-14-15)7-18(16,17)11-3-2-9(13)4-10(11)12/h2-6H,7,13H2,1H3. The first-order chi connectivity index (χ1) is 8.38. The van der Waals surface area contributed by atoms with Gasteiger partial charge in [0.15, 0.2) is 9.84 Å². The second-order valence-electron chi connectivity index (χ2n) is 3.97. The predicted octanol–water partition coefficient (Wildman–Crippen LogP) is 1.74. The van der Waals surface area contributed by atoms with Crippen molar-refractivity contribution >= 4 is 31.5 Å². The Morgan fingerprint density at radius 3 is 2.72 bits per heavy atom. The first kappa shape index (κ1) is 13.1. The summed E-state index contributed by atoms with van der Waals surface area (Å²) in [6.07, 6.45) is 3.23. The van der Waals surface area contributed by atoms with E-state index >= 15 is 0 Å². The Hall–Kier alpha value is -1.34. The number of halogens is 1. The number of hydrogen-bond donors (Lipinski definition) is 1. The van der Waals surface area contributed by atoms with Crippen molar-refractivity contribution in [2.75, 3.05) is 5.73 Å². The van der Waals surface area contributed by atoms with Crippen LogP contribution in [-0.2, 0) is 22.6 Å². The van der Waals surface area contributed by atoms with Crippen LogP contribution in [0.25, 0.3) is 0 Å². The maximum absolute atomic E-state index is 12.2. The maximum Gasteiger partial charge on any atom is 0.183 e. The molecule has 0 spiro atoms. The van der Waals surface area contributed by atoms with Crippen molar-refractivity contribution in [3.05, 3.63) is 40.6 Å². The number of rotatable bonds is 3. The number of benzene rings is 1. The van der Waals surface area contributed by atoms with Crippen LogP contribution < -0.4 is 5.73 Å². The molecule has 2 N–H and O–H groups in total. The van der Waals surface area contributed by atoms with Gasteiger partial charge in [0.1, 0.15) is 0 Å². The average molecular weight is 330 g/mol. The highest BCUT2D eigenvalue weighted by Gasteiger charge is 2.19. The molecule has 0 saturated heterocycles. The molecule has 0 aliphatic carbocycles. The van der Waals surface area contributed by atoms with Crippen molar-refractivity contribution < 1.29 is 8.42 Å². The number of anilines is 1. The van der Waals surface area contributed by atoms with Gasteiger partial charge >= 0.3 is 0 Å². The van der Waals surface area contributed by atoms with E-state index in [2.05, 4.69) is 21.0 Å². The second kappa shape index (κ2) is 4.74. The van der Waals surface area contributed by atoms with E-state index in [4.69, 9.17) is 5.73 Å². The van der Waals surface area contributed by atoms with Crippen LogP contribution in [0.4, 0.5) is 5.69 Å². The Kier molecular flexibility index (Phi) is 3.45. The molecule has 5 nitrogen and oxygen atoms in total. The van der Waals surface area contributed by atoms with Crippen LogP contribution >= 0.6 is 15.9 Å². The number of aromatic nitrogens is 2. The smallest absolute Gasteiger partial charge is 0.183 e. The molecule has 0 fully saturated rings. The van der Waals surface area contributed by atoms with Gasteiger partial charge in [0.2, 0.25) is 0 Å². The lowest BCUT2D eigenvalue weighted by atomic mass is 10.3. The van der Waals surface area contributed by atoms with Gasteiger partial charge in [-0.05, 0) is 34.1 Å². The van der Waals surface area contributed by atoms with Crippen molar-refractivity contribution in [3.8, 4) is 0 Å². The molecule has 0 aliphatic heterocycles. The highest BCUT2D eigenvalue weighted by atomic mass is 79.9. The molecule has 1 aromatic heterocycles. The summed E-state index contributed by atoms with van der Waals surface area (Å²) in [6, 6.07) is 4.65. The van der Waals surface area contributed by atoms with E-state index in [0.717, 1.165) is 0 Å². The summed E-state index contributed by atoms with van der Waals surface area (Å²) in [6.45, 7) is 0. The molecular formula is C11H12BrN3O2S. The highest BCUT2D eigenvalue weighted by Crippen LogP contribution is 2.26. The minimum atomic E-state index is -3.40. The van der Waals surface area contributed by atoms with Crippen LogP contribution in [0.15, 0.2) is 40.0 Å². The van der Waals surface area contributed by atoms with Crippen LogP contribution in [-0.4, -0.2) is 18.2 Å². The van der Waals surface area contributed by atoms with E-state index in [1.807, 2.05) is 0 Å². The SMILES string of the molecule is Cn1cc(CS(=O)(=O)c2ccc(N)cc2Br)cn1. The maximum atomic E-state index is 12.2. The summed E-state index contributed by atoms with van der Waals surface area (Å²) >= 11 is 3.22. The minimum absolute atomic E-state index is 0.0800. The fourth-order valence-electron chi connectivity index (χ4n) is 1.61. The normalized spacial score (nSPS) is 11.7. The molecule has 0 amide bonds. The Balaban J connectivity index is 2.36. The summed E-state index contributed by atoms with van der Waals surface area (Å²) in [5.74, 6) is -0.0800. The Labute approximate surface area is 114 Å². The van der Waals surface area contributed by atoms with Gasteiger partial charge < -0.3 is 5.73 Å². The summed E-state index contributed by atoms with van der Waals surface area (Å²) in [5.41, 5.74) is 6.76. The Morgan fingerprint density at radius 1 is 1.44 bits per heavy atom. The molecule has 18 heavy (non-hydrogen) atoms. The third kappa shape index (κ3) is 2.73. The summed E-state index contributed by atoms with van der Waals surface area (Å²) in [7, 11) is -1.66. The Morgan fingerprint density at radius 2 is 2.17 bits per heavy atom. The lowest BCUT2D eigenvalue weighted by Crippen LogP contribution is -2.05. The number of nitrogens with two attached hydrogens (primary N) is 1. The van der Waals surface area contributed by atoms with Gasteiger partial charge in [-0.3, -0.25) is 4.68 Å². The molecule has 96 valence electrons. The number of hydrogen-bond acceptors (Lipinski definition) is 4. The van der Waals surface area contributed by atoms with Crippen molar-refractivity contribution in [2.24, 2.45) is 7.05 Å². The van der Waals surface area contributed by atoms with Gasteiger partial charge in [0, 0.05) is 29.0 Å². The van der Waals surface area contributed by atoms with Crippen molar-refractivity contribution in [2.45, 2.75) is 10.6 Å². The number of nitrogens with zero attached hydrogens (tertiary/aromatic N) is 2. The van der Waals surface area contributed by atoms with E-state index in [1.54, 1.807) is 36.3 Å². The first-order valence-corrected chi connectivity index (χ1v) is 7.58. The lowest BCUT2D eigenvalue weighted by molar-refractivity contribution is 0.595. The summed E-state index contributed by atoms with van der Waals surface area (Å²) < 4.78 is 26.5. The predicted molar refractivity (Wildman–Crippen MR) is 72.7 cm³/mol. The van der Waals surface area contributed by atoms with Gasteiger partial charge in [-0.2, -0.15) is 5.10 Å². The van der Waals surface area contributed by atoms with Crippen LogP contribution in [0.2, 0.25) is 0 Å². The first-order valence-electron chi connectivity index (χ1n) is 5.14. The van der Waals surface area contributed by atoms with Gasteiger partial charge in [-0.15, -0.1) is 0 Å². The third-order valence-electron chi connectivity index (χ3n) is 2.41. The van der Waals surface area contributed by atoms with E-state index in [9.17, 15) is 8.42 Å². The molecule has 1 heterocycles. The largest absolute Gasteiger partial charge is 0.399 e. The molecule has 2 rings (SSSR count). The van der Waals surface area contributed by atoms with E-state index in [0.29, 0.717) is 15.7 Å². The molecule has 1 aromatic carbocycles. The molecular weight excluding hydrogens is 318 g/mol. The molecule has 0 bridgehead atoms. The van der Waals surface area contributed by atoms with Crippen molar-refractivity contribution in [3.63, 3.8) is 0 Å². The van der Waals surface area contributed by atoms with Gasteiger partial charge in [0.25, 0.3) is 0 Å². The minimum Gasteiger partial charge on any atom is -0.399 e. The number of sulfone groups is 1. The third-order valence-corrected chi connectivity index (χ3v) is 5.06. The summed E-state index contributed by atoms with van der Waals surface area (Å²) in [5, 5.41) is 3.95. The second-order valence-corrected chi connectivity index (χ2v) is 6.78. The lowest BCUT2D eigenvalue weighted by Gasteiger charge is -2.06. The zero-order chi connectivity index (χ0) is 13.3. The molecule has 0 saturated carbocycles. The topological polar surface area (TPSA) is 78.0 Å². The average Bonchev–Trinajstić information content (AvgIpc) is 2.62. The molecule has 2 aromatic rings. The number of nitrogen functional groups attached to an aromatic ring is 1. The highest BCUT2D eigenvalue weighted by molar-refractivity contribution is 9.10. The van der Waals surface area contributed by atoms with Crippen LogP contribution in [0.3, 0.4) is 0 Å². The quantitative estimate of drug-likeness (QED) is 0.870. The zero-order valence-corrected chi connectivity index (χ0v) is 12.1. The van der Waals surface area contributed by atoms with Gasteiger partial charge in [-0.25, -0.2) is 8.42 Å². The van der Waals surface area contributed by atoms with Crippen molar-refractivity contribution in [1.82, 2.24) is 9.78 Å². The van der Waals surface area contributed by atoms with E-state index < -0.39 is 9.84 Å². The Bertz CT molecular complexity index is 679. The van der Waals surface area contributed by atoms with Crippen LogP contribution in [0, 0.1) is 0 Å². The summed E-state index contributed by atoms with van der Waals surface area (Å²) in [4.78, 5) is 0.237. The fraction of sp³-hybridized carbons (Fsp3) is 0.182. The molecule has 0 atom stereocenters.